The van der Waals surface area contributed by atoms with E-state index in [1.54, 1.807) is 0 Å². The van der Waals surface area contributed by atoms with E-state index in [0.717, 1.165) is 11.4 Å². The molecule has 2 saturated carbocycles. The minimum atomic E-state index is 0.370. The maximum absolute atomic E-state index is 4.17. The van der Waals surface area contributed by atoms with E-state index in [4.69, 9.17) is 0 Å². The first-order chi connectivity index (χ1) is 9.51. The van der Waals surface area contributed by atoms with Crippen molar-refractivity contribution in [1.29, 1.82) is 0 Å². The van der Waals surface area contributed by atoms with Crippen molar-refractivity contribution in [3.8, 4) is 0 Å². The molecule has 2 fully saturated rings. The number of aromatic amines is 1. The summed E-state index contributed by atoms with van der Waals surface area (Å²) in [6, 6.07) is 6.94. The number of hydrogen-bond acceptors (Lipinski definition) is 2. The van der Waals surface area contributed by atoms with Gasteiger partial charge in [0.05, 0.1) is 17.4 Å². The highest BCUT2D eigenvalue weighted by Gasteiger charge is 2.59. The van der Waals surface area contributed by atoms with Gasteiger partial charge < -0.3 is 5.32 Å². The molecule has 1 unspecified atom stereocenters. The molecule has 106 valence electrons. The van der Waals surface area contributed by atoms with Crippen LogP contribution in [0.25, 0.3) is 10.9 Å². The zero-order valence-corrected chi connectivity index (χ0v) is 12.5. The second-order valence-electron chi connectivity index (χ2n) is 7.63. The van der Waals surface area contributed by atoms with E-state index in [0.29, 0.717) is 16.9 Å². The number of anilines is 1. The molecule has 0 amide bonds. The molecule has 2 aliphatic carbocycles. The maximum atomic E-state index is 4.17. The Morgan fingerprint density at radius 3 is 2.90 bits per heavy atom. The third kappa shape index (κ3) is 1.49. The molecule has 20 heavy (non-hydrogen) atoms. The Morgan fingerprint density at radius 2 is 2.15 bits per heavy atom. The highest BCUT2D eigenvalue weighted by Crippen LogP contribution is 2.63. The van der Waals surface area contributed by atoms with Crippen LogP contribution in [0.4, 0.5) is 5.69 Å². The molecule has 0 saturated heterocycles. The second kappa shape index (κ2) is 3.78. The fraction of sp³-hybridized carbons (Fsp3) is 0.588. The van der Waals surface area contributed by atoms with Gasteiger partial charge in [-0.2, -0.15) is 5.10 Å². The molecule has 2 bridgehead atoms. The van der Waals surface area contributed by atoms with Gasteiger partial charge in [-0.3, -0.25) is 5.10 Å². The number of nitrogens with one attached hydrogen (secondary N) is 2. The van der Waals surface area contributed by atoms with Crippen LogP contribution in [-0.4, -0.2) is 16.2 Å². The van der Waals surface area contributed by atoms with Gasteiger partial charge in [0.25, 0.3) is 0 Å². The van der Waals surface area contributed by atoms with E-state index in [1.165, 1.54) is 30.3 Å². The van der Waals surface area contributed by atoms with Crippen molar-refractivity contribution >= 4 is 16.6 Å². The van der Waals surface area contributed by atoms with Crippen molar-refractivity contribution in [2.24, 2.45) is 16.7 Å². The molecule has 3 atom stereocenters. The molecule has 1 heterocycles. The fourth-order valence-electron chi connectivity index (χ4n) is 4.91. The van der Waals surface area contributed by atoms with Crippen LogP contribution in [0.2, 0.25) is 0 Å². The van der Waals surface area contributed by atoms with Crippen LogP contribution in [0, 0.1) is 16.7 Å². The topological polar surface area (TPSA) is 40.7 Å². The molecule has 2 aliphatic rings. The average Bonchev–Trinajstić information content (AvgIpc) is 3.05. The number of para-hydroxylation sites is 1. The summed E-state index contributed by atoms with van der Waals surface area (Å²) in [7, 11) is 0. The molecule has 1 aromatic heterocycles. The maximum Gasteiger partial charge on any atom is 0.0881 e. The van der Waals surface area contributed by atoms with Crippen LogP contribution < -0.4 is 5.32 Å². The Hall–Kier alpha value is -1.51. The lowest BCUT2D eigenvalue weighted by Crippen LogP contribution is -2.45. The summed E-state index contributed by atoms with van der Waals surface area (Å²) in [5, 5.41) is 12.3. The van der Waals surface area contributed by atoms with Crippen LogP contribution in [0.15, 0.2) is 24.4 Å². The largest absolute Gasteiger partial charge is 0.379 e. The molecule has 0 aliphatic heterocycles. The molecular weight excluding hydrogens is 246 g/mol. The van der Waals surface area contributed by atoms with E-state index in [2.05, 4.69) is 54.5 Å². The minimum Gasteiger partial charge on any atom is -0.379 e. The Balaban J connectivity index is 1.74. The molecule has 1 aromatic carbocycles. The molecule has 0 spiro atoms. The highest BCUT2D eigenvalue weighted by molar-refractivity contribution is 5.90. The SMILES string of the molecule is CC1(C)C(Nc2cccc3cn[nH]c23)[C@]2(C)CC[C@H]1C2. The van der Waals surface area contributed by atoms with E-state index in [1.807, 2.05) is 6.20 Å². The summed E-state index contributed by atoms with van der Waals surface area (Å²) >= 11 is 0. The Kier molecular flexibility index (Phi) is 2.31. The van der Waals surface area contributed by atoms with Crippen molar-refractivity contribution in [3.05, 3.63) is 24.4 Å². The molecule has 3 nitrogen and oxygen atoms in total. The number of hydrogen-bond donors (Lipinski definition) is 2. The molecule has 0 radical (unpaired) electrons. The lowest BCUT2D eigenvalue weighted by atomic mass is 9.68. The van der Waals surface area contributed by atoms with E-state index in [-0.39, 0.29) is 0 Å². The zero-order chi connectivity index (χ0) is 14.0. The van der Waals surface area contributed by atoms with Gasteiger partial charge in [0.15, 0.2) is 0 Å². The first-order valence-corrected chi connectivity index (χ1v) is 7.69. The molecule has 2 aromatic rings. The van der Waals surface area contributed by atoms with Gasteiger partial charge in [-0.05, 0) is 42.1 Å². The van der Waals surface area contributed by atoms with Crippen LogP contribution in [-0.2, 0) is 0 Å². The standard InChI is InChI=1S/C17H23N3/c1-16(2)12-7-8-17(3,9-12)15(16)19-13-6-4-5-11-10-18-20-14(11)13/h4-6,10,12,15,19H,7-9H2,1-3H3,(H,18,20)/t12-,15?,17+/m0/s1. The number of H-pyrrole nitrogens is 1. The predicted molar refractivity (Wildman–Crippen MR) is 82.7 cm³/mol. The molecule has 2 N–H and O–H groups in total. The fourth-order valence-corrected chi connectivity index (χ4v) is 4.91. The monoisotopic (exact) mass is 269 g/mol. The van der Waals surface area contributed by atoms with Crippen LogP contribution >= 0.6 is 0 Å². The summed E-state index contributed by atoms with van der Waals surface area (Å²) < 4.78 is 0. The van der Waals surface area contributed by atoms with Crippen molar-refractivity contribution in [1.82, 2.24) is 10.2 Å². The molecule has 4 rings (SSSR count). The van der Waals surface area contributed by atoms with Gasteiger partial charge in [0.2, 0.25) is 0 Å². The lowest BCUT2D eigenvalue weighted by Gasteiger charge is -2.43. The summed E-state index contributed by atoms with van der Waals surface area (Å²) in [4.78, 5) is 0. The highest BCUT2D eigenvalue weighted by atomic mass is 15.1. The van der Waals surface area contributed by atoms with Gasteiger partial charge >= 0.3 is 0 Å². The number of benzene rings is 1. The molecular formula is C17H23N3. The van der Waals surface area contributed by atoms with Gasteiger partial charge in [-0.15, -0.1) is 0 Å². The first kappa shape index (κ1) is 12.2. The van der Waals surface area contributed by atoms with Gasteiger partial charge in [-0.25, -0.2) is 0 Å². The smallest absolute Gasteiger partial charge is 0.0881 e. The van der Waals surface area contributed by atoms with E-state index < -0.39 is 0 Å². The average molecular weight is 269 g/mol. The number of aromatic nitrogens is 2. The van der Waals surface area contributed by atoms with Crippen molar-refractivity contribution < 1.29 is 0 Å². The predicted octanol–water partition coefficient (Wildman–Crippen LogP) is 4.19. The summed E-state index contributed by atoms with van der Waals surface area (Å²) in [6.45, 7) is 7.34. The number of fused-ring (bicyclic) bond motifs is 3. The Morgan fingerprint density at radius 1 is 1.30 bits per heavy atom. The van der Waals surface area contributed by atoms with Gasteiger partial charge in [0, 0.05) is 11.4 Å². The Bertz CT molecular complexity index is 652. The Labute approximate surface area is 120 Å². The van der Waals surface area contributed by atoms with E-state index >= 15 is 0 Å². The number of rotatable bonds is 2. The van der Waals surface area contributed by atoms with Gasteiger partial charge in [-0.1, -0.05) is 32.9 Å². The lowest BCUT2D eigenvalue weighted by molar-refractivity contribution is 0.155. The van der Waals surface area contributed by atoms with Crippen molar-refractivity contribution in [3.63, 3.8) is 0 Å². The van der Waals surface area contributed by atoms with Crippen LogP contribution in [0.5, 0.6) is 0 Å². The summed E-state index contributed by atoms with van der Waals surface area (Å²) in [5.41, 5.74) is 3.15. The first-order valence-electron chi connectivity index (χ1n) is 7.69. The summed E-state index contributed by atoms with van der Waals surface area (Å²) in [5.74, 6) is 0.867. The minimum absolute atomic E-state index is 0.370. The van der Waals surface area contributed by atoms with Crippen LogP contribution in [0.1, 0.15) is 40.0 Å². The molecule has 3 heteroatoms. The third-order valence-corrected chi connectivity index (χ3v) is 6.05. The quantitative estimate of drug-likeness (QED) is 0.858. The second-order valence-corrected chi connectivity index (χ2v) is 7.63. The van der Waals surface area contributed by atoms with E-state index in [9.17, 15) is 0 Å². The summed E-state index contributed by atoms with van der Waals surface area (Å²) in [6.07, 6.45) is 6.03. The van der Waals surface area contributed by atoms with Crippen LogP contribution in [0.3, 0.4) is 0 Å². The van der Waals surface area contributed by atoms with Crippen molar-refractivity contribution in [2.45, 2.75) is 46.1 Å². The third-order valence-electron chi connectivity index (χ3n) is 6.05. The normalized spacial score (nSPS) is 34.8. The van der Waals surface area contributed by atoms with Crippen molar-refractivity contribution in [2.75, 3.05) is 5.32 Å². The van der Waals surface area contributed by atoms with Gasteiger partial charge in [0.1, 0.15) is 0 Å². The zero-order valence-electron chi connectivity index (χ0n) is 12.5. The number of nitrogens with zero attached hydrogens (tertiary/aromatic N) is 1.